The first-order chi connectivity index (χ1) is 16.0. The van der Waals surface area contributed by atoms with Gasteiger partial charge in [0.2, 0.25) is 5.78 Å². The summed E-state index contributed by atoms with van der Waals surface area (Å²) >= 11 is 1.25. The van der Waals surface area contributed by atoms with Crippen molar-refractivity contribution in [2.45, 2.75) is 19.5 Å². The normalized spacial score (nSPS) is 16.0. The molecule has 1 aliphatic heterocycles. The van der Waals surface area contributed by atoms with Crippen LogP contribution in [-0.2, 0) is 11.3 Å². The lowest BCUT2D eigenvalue weighted by molar-refractivity contribution is -0.130. The summed E-state index contributed by atoms with van der Waals surface area (Å²) in [5.74, 6) is -1.05. The van der Waals surface area contributed by atoms with E-state index < -0.39 is 23.5 Å². The van der Waals surface area contributed by atoms with Gasteiger partial charge in [0.05, 0.1) is 35.0 Å². The molecule has 4 aromatic rings. The monoisotopic (exact) mass is 457 g/mol. The fraction of sp³-hybridized carbons (Fsp3) is 0.120. The maximum atomic E-state index is 13.7. The molecule has 0 aliphatic carbocycles. The average molecular weight is 458 g/mol. The summed E-state index contributed by atoms with van der Waals surface area (Å²) in [6.45, 7) is 1.86. The highest BCUT2D eigenvalue weighted by molar-refractivity contribution is 7.17. The smallest absolute Gasteiger partial charge is 0.290 e. The summed E-state index contributed by atoms with van der Waals surface area (Å²) < 4.78 is 5.42. The van der Waals surface area contributed by atoms with Gasteiger partial charge in [-0.25, -0.2) is 4.98 Å². The molecule has 3 aromatic heterocycles. The molecule has 0 fully saturated rings. The van der Waals surface area contributed by atoms with E-state index >= 15 is 0 Å². The number of Topliss-reactive ketones (excluding diaryl/α,β-unsaturated/α-hetero) is 1. The molecule has 164 valence electrons. The first kappa shape index (κ1) is 20.8. The van der Waals surface area contributed by atoms with Crippen molar-refractivity contribution in [1.82, 2.24) is 14.9 Å². The van der Waals surface area contributed by atoms with E-state index in [4.69, 9.17) is 4.42 Å². The van der Waals surface area contributed by atoms with Crippen molar-refractivity contribution in [3.05, 3.63) is 106 Å². The molecule has 33 heavy (non-hydrogen) atoms. The highest BCUT2D eigenvalue weighted by Gasteiger charge is 2.44. The van der Waals surface area contributed by atoms with Gasteiger partial charge in [-0.3, -0.25) is 14.6 Å². The van der Waals surface area contributed by atoms with Crippen molar-refractivity contribution < 1.29 is 19.1 Å². The fourth-order valence-electron chi connectivity index (χ4n) is 3.95. The number of benzene rings is 1. The third kappa shape index (κ3) is 3.74. The lowest BCUT2D eigenvalue weighted by Gasteiger charge is -2.25. The summed E-state index contributed by atoms with van der Waals surface area (Å²) in [6.07, 6.45) is 4.70. The van der Waals surface area contributed by atoms with E-state index in [1.54, 1.807) is 43.6 Å². The molecule has 4 heterocycles. The van der Waals surface area contributed by atoms with Crippen LogP contribution in [0.3, 0.4) is 0 Å². The highest BCUT2D eigenvalue weighted by Crippen LogP contribution is 2.41. The third-order valence-electron chi connectivity index (χ3n) is 5.50. The molecule has 1 atom stereocenters. The molecule has 1 N–H and O–H groups in total. The summed E-state index contributed by atoms with van der Waals surface area (Å²) in [5, 5.41) is 11.5. The van der Waals surface area contributed by atoms with E-state index in [-0.39, 0.29) is 12.1 Å². The van der Waals surface area contributed by atoms with E-state index in [0.717, 1.165) is 5.56 Å². The van der Waals surface area contributed by atoms with Crippen LogP contribution >= 0.6 is 11.3 Å². The Kier molecular flexibility index (Phi) is 5.35. The van der Waals surface area contributed by atoms with Crippen LogP contribution in [-0.4, -0.2) is 31.7 Å². The van der Waals surface area contributed by atoms with Gasteiger partial charge in [-0.2, -0.15) is 0 Å². The van der Waals surface area contributed by atoms with Crippen LogP contribution < -0.4 is 0 Å². The maximum absolute atomic E-state index is 13.7. The number of rotatable bonds is 6. The number of amides is 1. The molecule has 1 aliphatic rings. The minimum atomic E-state index is -0.778. The van der Waals surface area contributed by atoms with Crippen molar-refractivity contribution in [2.75, 3.05) is 0 Å². The predicted molar refractivity (Wildman–Crippen MR) is 123 cm³/mol. The van der Waals surface area contributed by atoms with Gasteiger partial charge in [0.1, 0.15) is 10.8 Å². The second-order valence-electron chi connectivity index (χ2n) is 7.59. The molecule has 0 saturated carbocycles. The Morgan fingerprint density at radius 3 is 2.58 bits per heavy atom. The van der Waals surface area contributed by atoms with Gasteiger partial charge in [-0.15, -0.1) is 11.3 Å². The van der Waals surface area contributed by atoms with Crippen LogP contribution in [0.4, 0.5) is 0 Å². The molecule has 1 amide bonds. The maximum Gasteiger partial charge on any atom is 0.290 e. The molecule has 5 rings (SSSR count). The van der Waals surface area contributed by atoms with Crippen LogP contribution in [0.1, 0.15) is 32.7 Å². The van der Waals surface area contributed by atoms with Gasteiger partial charge in [0.15, 0.2) is 5.76 Å². The first-order valence-corrected chi connectivity index (χ1v) is 11.1. The summed E-state index contributed by atoms with van der Waals surface area (Å²) in [7, 11) is 0. The minimum Gasteiger partial charge on any atom is -0.503 e. The van der Waals surface area contributed by atoms with Gasteiger partial charge < -0.3 is 14.4 Å². The Labute approximate surface area is 193 Å². The lowest BCUT2D eigenvalue weighted by Crippen LogP contribution is -2.30. The summed E-state index contributed by atoms with van der Waals surface area (Å²) in [6, 6.07) is 15.7. The van der Waals surface area contributed by atoms with Gasteiger partial charge in [0, 0.05) is 18.0 Å². The van der Waals surface area contributed by atoms with E-state index in [2.05, 4.69) is 9.97 Å². The van der Waals surface area contributed by atoms with Gasteiger partial charge in [-0.05, 0) is 36.8 Å². The van der Waals surface area contributed by atoms with Gasteiger partial charge in [-0.1, -0.05) is 30.3 Å². The SMILES string of the molecule is Cc1nc(-c2ccccc2)sc1C(=O)C1=C(O)C(=O)N(Cc2ccco2)C1c1ccncc1. The Morgan fingerprint density at radius 1 is 1.12 bits per heavy atom. The zero-order valence-electron chi connectivity index (χ0n) is 17.6. The van der Waals surface area contributed by atoms with Crippen LogP contribution in [0.5, 0.6) is 0 Å². The number of furan rings is 1. The Balaban J connectivity index is 1.57. The molecule has 1 aromatic carbocycles. The van der Waals surface area contributed by atoms with Crippen molar-refractivity contribution in [3.63, 3.8) is 0 Å². The standard InChI is InChI=1S/C25H19N3O4S/c1-15-23(33-24(27-15)17-6-3-2-4-7-17)21(29)19-20(16-9-11-26-12-10-16)28(25(31)22(19)30)14-18-8-5-13-32-18/h2-13,20,30H,14H2,1H3. The van der Waals surface area contributed by atoms with Gasteiger partial charge >= 0.3 is 0 Å². The number of aromatic nitrogens is 2. The minimum absolute atomic E-state index is 0.0316. The molecule has 1 unspecified atom stereocenters. The third-order valence-corrected chi connectivity index (χ3v) is 6.71. The Morgan fingerprint density at radius 2 is 1.88 bits per heavy atom. The molecule has 7 nitrogen and oxygen atoms in total. The number of ketones is 1. The van der Waals surface area contributed by atoms with E-state index in [0.29, 0.717) is 26.9 Å². The topological polar surface area (TPSA) is 96.5 Å². The number of aliphatic hydroxyl groups is 1. The fourth-order valence-corrected chi connectivity index (χ4v) is 4.97. The summed E-state index contributed by atoms with van der Waals surface area (Å²) in [5.41, 5.74) is 2.15. The van der Waals surface area contributed by atoms with Crippen LogP contribution in [0.2, 0.25) is 0 Å². The van der Waals surface area contributed by atoms with Crippen LogP contribution in [0, 0.1) is 6.92 Å². The number of nitrogens with zero attached hydrogens (tertiary/aromatic N) is 3. The second kappa shape index (κ2) is 8.48. The first-order valence-electron chi connectivity index (χ1n) is 10.3. The van der Waals surface area contributed by atoms with Crippen molar-refractivity contribution in [1.29, 1.82) is 0 Å². The van der Waals surface area contributed by atoms with E-state index in [9.17, 15) is 14.7 Å². The number of hydrogen-bond acceptors (Lipinski definition) is 7. The number of hydrogen-bond donors (Lipinski definition) is 1. The number of aryl methyl sites for hydroxylation is 1. The zero-order chi connectivity index (χ0) is 22.9. The zero-order valence-corrected chi connectivity index (χ0v) is 18.5. The van der Waals surface area contributed by atoms with E-state index in [1.165, 1.54) is 22.5 Å². The second-order valence-corrected chi connectivity index (χ2v) is 8.59. The lowest BCUT2D eigenvalue weighted by atomic mass is 9.95. The van der Waals surface area contributed by atoms with E-state index in [1.807, 2.05) is 30.3 Å². The molecule has 0 spiro atoms. The van der Waals surface area contributed by atoms with Crippen molar-refractivity contribution >= 4 is 23.0 Å². The Bertz CT molecular complexity index is 1350. The number of pyridine rings is 1. The highest BCUT2D eigenvalue weighted by atomic mass is 32.1. The Hall–Kier alpha value is -4.04. The number of aliphatic hydroxyl groups excluding tert-OH is 1. The number of thiazole rings is 1. The number of carbonyl (C=O) groups is 2. The summed E-state index contributed by atoms with van der Waals surface area (Å²) in [4.78, 5) is 37.2. The number of carbonyl (C=O) groups excluding carboxylic acids is 2. The van der Waals surface area contributed by atoms with Crippen molar-refractivity contribution in [2.24, 2.45) is 0 Å². The molecular formula is C25H19N3O4S. The quantitative estimate of drug-likeness (QED) is 0.414. The molecule has 8 heteroatoms. The van der Waals surface area contributed by atoms with Crippen molar-refractivity contribution in [3.8, 4) is 10.6 Å². The molecule has 0 radical (unpaired) electrons. The van der Waals surface area contributed by atoms with Gasteiger partial charge in [0.25, 0.3) is 5.91 Å². The largest absolute Gasteiger partial charge is 0.503 e. The molecule has 0 saturated heterocycles. The molecular weight excluding hydrogens is 438 g/mol. The van der Waals surface area contributed by atoms with Crippen LogP contribution in [0.25, 0.3) is 10.6 Å². The molecule has 0 bridgehead atoms. The predicted octanol–water partition coefficient (Wildman–Crippen LogP) is 4.89. The van der Waals surface area contributed by atoms with Crippen LogP contribution in [0.15, 0.2) is 89.0 Å². The average Bonchev–Trinajstić information content (AvgIpc) is 3.55.